The molecule has 0 bridgehead atoms. The fourth-order valence-corrected chi connectivity index (χ4v) is 1.29. The third kappa shape index (κ3) is 2.07. The van der Waals surface area contributed by atoms with E-state index in [0.29, 0.717) is 6.42 Å². The van der Waals surface area contributed by atoms with Crippen LogP contribution in [0.4, 0.5) is 0 Å². The second-order valence-corrected chi connectivity index (χ2v) is 3.04. The summed E-state index contributed by atoms with van der Waals surface area (Å²) in [6.07, 6.45) is 2.41. The van der Waals surface area contributed by atoms with Crippen molar-refractivity contribution in [1.82, 2.24) is 9.97 Å². The van der Waals surface area contributed by atoms with Crippen LogP contribution in [0.5, 0.6) is 0 Å². The van der Waals surface area contributed by atoms with E-state index < -0.39 is 0 Å². The van der Waals surface area contributed by atoms with Crippen LogP contribution in [0.1, 0.15) is 11.4 Å². The van der Waals surface area contributed by atoms with Crippen LogP contribution in [-0.4, -0.2) is 9.97 Å². The summed E-state index contributed by atoms with van der Waals surface area (Å²) >= 11 is 0. The fourth-order valence-electron chi connectivity index (χ4n) is 1.29. The lowest BCUT2D eigenvalue weighted by atomic mass is 10.2. The first-order valence-electron chi connectivity index (χ1n) is 4.43. The molecule has 0 spiro atoms. The SMILES string of the molecule is O=c1cccc(Cc2ccccn2)[nH]1. The Kier molecular flexibility index (Phi) is 2.40. The second kappa shape index (κ2) is 3.87. The Morgan fingerprint density at radius 3 is 2.79 bits per heavy atom. The van der Waals surface area contributed by atoms with Gasteiger partial charge < -0.3 is 4.98 Å². The van der Waals surface area contributed by atoms with E-state index in [9.17, 15) is 4.79 Å². The van der Waals surface area contributed by atoms with Crippen LogP contribution in [0.3, 0.4) is 0 Å². The molecule has 3 heteroatoms. The first-order valence-corrected chi connectivity index (χ1v) is 4.43. The maximum absolute atomic E-state index is 11.0. The van der Waals surface area contributed by atoms with Crippen LogP contribution in [0.25, 0.3) is 0 Å². The number of nitrogens with zero attached hydrogens (tertiary/aromatic N) is 1. The molecule has 2 rings (SSSR count). The Labute approximate surface area is 81.5 Å². The van der Waals surface area contributed by atoms with Gasteiger partial charge >= 0.3 is 0 Å². The molecule has 0 atom stereocenters. The summed E-state index contributed by atoms with van der Waals surface area (Å²) in [5.41, 5.74) is 1.77. The third-order valence-corrected chi connectivity index (χ3v) is 1.93. The Balaban J connectivity index is 2.24. The van der Waals surface area contributed by atoms with Crippen LogP contribution in [0, 0.1) is 0 Å². The van der Waals surface area contributed by atoms with Gasteiger partial charge in [-0.2, -0.15) is 0 Å². The minimum atomic E-state index is -0.0709. The minimum absolute atomic E-state index is 0.0709. The average molecular weight is 186 g/mol. The van der Waals surface area contributed by atoms with Crippen molar-refractivity contribution in [3.05, 3.63) is 64.3 Å². The van der Waals surface area contributed by atoms with Crippen molar-refractivity contribution in [2.24, 2.45) is 0 Å². The van der Waals surface area contributed by atoms with Gasteiger partial charge in [-0.05, 0) is 18.2 Å². The van der Waals surface area contributed by atoms with E-state index in [4.69, 9.17) is 0 Å². The molecule has 0 amide bonds. The largest absolute Gasteiger partial charge is 0.326 e. The maximum atomic E-state index is 11.0. The van der Waals surface area contributed by atoms with Gasteiger partial charge in [0.1, 0.15) is 0 Å². The molecule has 0 saturated carbocycles. The Morgan fingerprint density at radius 1 is 1.14 bits per heavy atom. The van der Waals surface area contributed by atoms with Crippen molar-refractivity contribution in [3.63, 3.8) is 0 Å². The zero-order valence-corrected chi connectivity index (χ0v) is 7.60. The van der Waals surface area contributed by atoms with Gasteiger partial charge in [-0.1, -0.05) is 12.1 Å². The van der Waals surface area contributed by atoms with E-state index in [1.165, 1.54) is 6.07 Å². The molecule has 0 aliphatic carbocycles. The Morgan fingerprint density at radius 2 is 2.07 bits per heavy atom. The molecule has 2 heterocycles. The van der Waals surface area contributed by atoms with Crippen molar-refractivity contribution >= 4 is 0 Å². The van der Waals surface area contributed by atoms with Crippen molar-refractivity contribution in [2.75, 3.05) is 0 Å². The zero-order valence-electron chi connectivity index (χ0n) is 7.60. The van der Waals surface area contributed by atoms with Crippen molar-refractivity contribution < 1.29 is 0 Å². The molecule has 14 heavy (non-hydrogen) atoms. The highest BCUT2D eigenvalue weighted by Gasteiger charge is 1.96. The summed E-state index contributed by atoms with van der Waals surface area (Å²) in [5.74, 6) is 0. The van der Waals surface area contributed by atoms with Gasteiger partial charge in [-0.15, -0.1) is 0 Å². The molecule has 0 saturated heterocycles. The molecule has 2 aromatic rings. The maximum Gasteiger partial charge on any atom is 0.248 e. The molecular weight excluding hydrogens is 176 g/mol. The normalized spacial score (nSPS) is 10.0. The number of hydrogen-bond donors (Lipinski definition) is 1. The summed E-state index contributed by atoms with van der Waals surface area (Å²) in [4.78, 5) is 17.9. The Bertz CT molecular complexity index is 462. The second-order valence-electron chi connectivity index (χ2n) is 3.04. The first-order chi connectivity index (χ1) is 6.84. The minimum Gasteiger partial charge on any atom is -0.326 e. The number of rotatable bonds is 2. The molecule has 0 unspecified atom stereocenters. The molecule has 3 nitrogen and oxygen atoms in total. The number of hydrogen-bond acceptors (Lipinski definition) is 2. The quantitative estimate of drug-likeness (QED) is 0.769. The van der Waals surface area contributed by atoms with Crippen LogP contribution < -0.4 is 5.56 Å². The molecule has 2 aromatic heterocycles. The number of aromatic amines is 1. The summed E-state index contributed by atoms with van der Waals surface area (Å²) in [5, 5.41) is 0. The van der Waals surface area contributed by atoms with Crippen LogP contribution >= 0.6 is 0 Å². The van der Waals surface area contributed by atoms with Crippen molar-refractivity contribution in [1.29, 1.82) is 0 Å². The topological polar surface area (TPSA) is 45.8 Å². The van der Waals surface area contributed by atoms with Crippen molar-refractivity contribution in [2.45, 2.75) is 6.42 Å². The molecule has 0 aliphatic heterocycles. The van der Waals surface area contributed by atoms with E-state index in [2.05, 4.69) is 9.97 Å². The van der Waals surface area contributed by atoms with Gasteiger partial charge in [0.05, 0.1) is 0 Å². The monoisotopic (exact) mass is 186 g/mol. The molecule has 0 radical (unpaired) electrons. The van der Waals surface area contributed by atoms with Crippen LogP contribution in [0.2, 0.25) is 0 Å². The fraction of sp³-hybridized carbons (Fsp3) is 0.0909. The number of H-pyrrole nitrogens is 1. The molecular formula is C11H10N2O. The summed E-state index contributed by atoms with van der Waals surface area (Å²) in [6.45, 7) is 0. The lowest BCUT2D eigenvalue weighted by Gasteiger charge is -1.99. The number of pyridine rings is 2. The molecule has 0 aromatic carbocycles. The highest BCUT2D eigenvalue weighted by molar-refractivity contribution is 5.14. The summed E-state index contributed by atoms with van der Waals surface area (Å²) in [7, 11) is 0. The molecule has 0 fully saturated rings. The van der Waals surface area contributed by atoms with Gasteiger partial charge in [0, 0.05) is 30.1 Å². The lowest BCUT2D eigenvalue weighted by Crippen LogP contribution is -2.06. The highest BCUT2D eigenvalue weighted by atomic mass is 16.1. The van der Waals surface area contributed by atoms with Crippen molar-refractivity contribution in [3.8, 4) is 0 Å². The highest BCUT2D eigenvalue weighted by Crippen LogP contribution is 2.01. The van der Waals surface area contributed by atoms with Gasteiger partial charge in [-0.3, -0.25) is 9.78 Å². The molecule has 70 valence electrons. The molecule has 0 aliphatic rings. The summed E-state index contributed by atoms with van der Waals surface area (Å²) < 4.78 is 0. The predicted octanol–water partition coefficient (Wildman–Crippen LogP) is 1.36. The smallest absolute Gasteiger partial charge is 0.248 e. The summed E-state index contributed by atoms with van der Waals surface area (Å²) in [6, 6.07) is 10.9. The van der Waals surface area contributed by atoms with E-state index in [1.54, 1.807) is 12.3 Å². The zero-order chi connectivity index (χ0) is 9.80. The predicted molar refractivity (Wildman–Crippen MR) is 54.1 cm³/mol. The molecule has 1 N–H and O–H groups in total. The first kappa shape index (κ1) is 8.69. The van der Waals surface area contributed by atoms with Gasteiger partial charge in [0.2, 0.25) is 5.56 Å². The lowest BCUT2D eigenvalue weighted by molar-refractivity contribution is 0.996. The standard InChI is InChI=1S/C11H10N2O/c14-11-6-3-5-10(13-11)8-9-4-1-2-7-12-9/h1-7H,8H2,(H,13,14). The average Bonchev–Trinajstić information content (AvgIpc) is 2.19. The Hall–Kier alpha value is -1.90. The van der Waals surface area contributed by atoms with Gasteiger partial charge in [-0.25, -0.2) is 0 Å². The number of nitrogens with one attached hydrogen (secondary N) is 1. The van der Waals surface area contributed by atoms with E-state index in [0.717, 1.165) is 11.4 Å². The van der Waals surface area contributed by atoms with Gasteiger partial charge in [0.15, 0.2) is 0 Å². The van der Waals surface area contributed by atoms with Crippen LogP contribution in [-0.2, 0) is 6.42 Å². The van der Waals surface area contributed by atoms with Gasteiger partial charge in [0.25, 0.3) is 0 Å². The van der Waals surface area contributed by atoms with Crippen LogP contribution in [0.15, 0.2) is 47.4 Å². The van der Waals surface area contributed by atoms with E-state index >= 15 is 0 Å². The van der Waals surface area contributed by atoms with E-state index in [1.807, 2.05) is 24.3 Å². The number of aromatic nitrogens is 2. The van der Waals surface area contributed by atoms with E-state index in [-0.39, 0.29) is 5.56 Å². The third-order valence-electron chi connectivity index (χ3n) is 1.93.